The fraction of sp³-hybridized carbons (Fsp3) is 0.231. The third-order valence-corrected chi connectivity index (χ3v) is 24.3. The van der Waals surface area contributed by atoms with Crippen molar-refractivity contribution in [2.45, 2.75) is 75.5 Å². The first-order chi connectivity index (χ1) is 27.5. The van der Waals surface area contributed by atoms with Gasteiger partial charge in [0.1, 0.15) is 0 Å². The lowest BCUT2D eigenvalue weighted by atomic mass is 10.0. The Hall–Kier alpha value is -4.95. The molecule has 0 saturated carbocycles. The molecule has 2 nitrogen and oxygen atoms in total. The highest BCUT2D eigenvalue weighted by molar-refractivity contribution is 7.00. The van der Waals surface area contributed by atoms with Crippen molar-refractivity contribution in [3.8, 4) is 0 Å². The van der Waals surface area contributed by atoms with Crippen molar-refractivity contribution < 1.29 is 8.85 Å². The number of hydrogen-bond acceptors (Lipinski definition) is 2. The van der Waals surface area contributed by atoms with Crippen molar-refractivity contribution in [2.24, 2.45) is 0 Å². The first-order valence-electron chi connectivity index (χ1n) is 20.7. The van der Waals surface area contributed by atoms with Gasteiger partial charge < -0.3 is 8.85 Å². The largest absolute Gasteiger partial charge is 0.537 e. The van der Waals surface area contributed by atoms with Gasteiger partial charge in [0.05, 0.1) is 11.5 Å². The summed E-state index contributed by atoms with van der Waals surface area (Å²) in [6.07, 6.45) is 4.74. The van der Waals surface area contributed by atoms with Gasteiger partial charge in [0.2, 0.25) is 0 Å². The van der Waals surface area contributed by atoms with Gasteiger partial charge in [-0.15, -0.1) is 0 Å². The number of rotatable bonds is 12. The summed E-state index contributed by atoms with van der Waals surface area (Å²) in [5.74, 6) is 2.75. The molecule has 8 rings (SSSR count). The van der Waals surface area contributed by atoms with E-state index in [0.717, 1.165) is 23.6 Å². The average molecular weight is 797 g/mol. The van der Waals surface area contributed by atoms with Gasteiger partial charge in [-0.2, -0.15) is 0 Å². The second-order valence-corrected chi connectivity index (χ2v) is 28.2. The minimum atomic E-state index is -2.81. The molecule has 0 amide bonds. The van der Waals surface area contributed by atoms with E-state index in [1.54, 1.807) is 0 Å². The summed E-state index contributed by atoms with van der Waals surface area (Å²) in [7, 11) is -6.24. The molecule has 0 aliphatic heterocycles. The average Bonchev–Trinajstić information content (AvgIpc) is 3.76. The maximum Gasteiger partial charge on any atom is 0.319 e. The van der Waals surface area contributed by atoms with Gasteiger partial charge in [-0.1, -0.05) is 211 Å². The van der Waals surface area contributed by atoms with Crippen LogP contribution < -0.4 is 20.7 Å². The van der Waals surface area contributed by atoms with Gasteiger partial charge in [0.15, 0.2) is 0 Å². The molecule has 0 spiro atoms. The van der Waals surface area contributed by atoms with Gasteiger partial charge in [0.25, 0.3) is 0 Å². The van der Waals surface area contributed by atoms with Crippen LogP contribution in [0.4, 0.5) is 0 Å². The molecule has 2 unspecified atom stereocenters. The molecular weight excluding hydrogens is 741 g/mol. The van der Waals surface area contributed by atoms with E-state index in [4.69, 9.17) is 8.85 Å². The molecule has 2 aliphatic rings. The van der Waals surface area contributed by atoms with Crippen LogP contribution in [0.5, 0.6) is 0 Å². The van der Waals surface area contributed by atoms with Crippen LogP contribution in [-0.4, -0.2) is 26.2 Å². The highest BCUT2D eigenvalue weighted by Gasteiger charge is 2.54. The highest BCUT2D eigenvalue weighted by atomic mass is 28.4. The molecule has 2 atom stereocenters. The fourth-order valence-corrected chi connectivity index (χ4v) is 20.9. The molecule has 0 N–H and O–H groups in total. The van der Waals surface area contributed by atoms with Crippen LogP contribution in [0.3, 0.4) is 0 Å². The maximum atomic E-state index is 7.82. The van der Waals surface area contributed by atoms with Crippen LogP contribution in [0.1, 0.15) is 75.6 Å². The highest BCUT2D eigenvalue weighted by Crippen LogP contribution is 2.48. The summed E-state index contributed by atoms with van der Waals surface area (Å²) in [6, 6.07) is 64.6. The van der Waals surface area contributed by atoms with E-state index in [0.29, 0.717) is 0 Å². The van der Waals surface area contributed by atoms with Crippen molar-refractivity contribution in [2.75, 3.05) is 0 Å². The third-order valence-electron chi connectivity index (χ3n) is 12.4. The molecule has 0 fully saturated rings. The van der Waals surface area contributed by atoms with Crippen LogP contribution in [-0.2, 0) is 8.85 Å². The molecule has 0 heterocycles. The predicted molar refractivity (Wildman–Crippen MR) is 250 cm³/mol. The quantitative estimate of drug-likeness (QED) is 0.115. The lowest BCUT2D eigenvalue weighted by Gasteiger charge is -2.44. The topological polar surface area (TPSA) is 18.5 Å². The Bertz CT molecular complexity index is 2110. The van der Waals surface area contributed by atoms with Gasteiger partial charge in [-0.05, 0) is 77.3 Å². The molecule has 288 valence electrons. The van der Waals surface area contributed by atoms with Gasteiger partial charge in [-0.25, -0.2) is 0 Å². The molecule has 0 aromatic heterocycles. The maximum absolute atomic E-state index is 7.82. The van der Waals surface area contributed by atoms with E-state index >= 15 is 0 Å². The minimum Gasteiger partial charge on any atom is -0.537 e. The summed E-state index contributed by atoms with van der Waals surface area (Å²) >= 11 is 0. The van der Waals surface area contributed by atoms with Crippen molar-refractivity contribution in [3.63, 3.8) is 0 Å². The molecule has 5 heteroatoms. The number of benzene rings is 6. The molecular formula is C52H56O2Si3. The van der Waals surface area contributed by atoms with Gasteiger partial charge >= 0.3 is 16.6 Å². The second-order valence-electron chi connectivity index (χ2n) is 17.9. The Morgan fingerprint density at radius 3 is 0.982 bits per heavy atom. The van der Waals surface area contributed by atoms with Gasteiger partial charge in [0, 0.05) is 21.4 Å². The summed E-state index contributed by atoms with van der Waals surface area (Å²) in [5.41, 5.74) is 5.41. The first-order valence-corrected chi connectivity index (χ1v) is 26.6. The third kappa shape index (κ3) is 7.15. The van der Waals surface area contributed by atoms with Crippen molar-refractivity contribution in [3.05, 3.63) is 204 Å². The molecule has 0 saturated heterocycles. The SMILES string of the molecule is CC(C)(C)[Si](OC1=Cc2ccccc2C1C[SiH2]CC1C(O[Si](c2ccccc2)(c2ccccc2)C(C)(C)C)=Cc2ccccc21)(c1ccccc1)c1ccccc1. The smallest absolute Gasteiger partial charge is 0.319 e. The molecule has 57 heavy (non-hydrogen) atoms. The fourth-order valence-electron chi connectivity index (χ4n) is 9.71. The normalized spacial score (nSPS) is 16.9. The molecule has 6 aromatic rings. The zero-order valence-corrected chi connectivity index (χ0v) is 37.8. The molecule has 6 aromatic carbocycles. The number of hydrogen-bond donors (Lipinski definition) is 0. The Balaban J connectivity index is 1.14. The Morgan fingerprint density at radius 1 is 0.404 bits per heavy atom. The summed E-state index contributed by atoms with van der Waals surface area (Å²) in [5, 5.41) is 5.03. The minimum absolute atomic E-state index is 0.112. The van der Waals surface area contributed by atoms with Crippen LogP contribution in [0, 0.1) is 0 Å². The van der Waals surface area contributed by atoms with Crippen LogP contribution >= 0.6 is 0 Å². The van der Waals surface area contributed by atoms with Crippen molar-refractivity contribution in [1.82, 2.24) is 0 Å². The van der Waals surface area contributed by atoms with E-state index in [-0.39, 0.29) is 21.9 Å². The zero-order valence-electron chi connectivity index (χ0n) is 34.4. The standard InChI is InChI=1S/C52H56O2Si3/c1-51(2,3)56(41-25-11-7-12-26-41,42-27-13-8-14-28-42)53-49-35-39-23-19-21-33-45(39)47(49)37-55-38-48-46-34-22-20-24-40(46)36-50(48)54-57(52(4,5)6,43-29-15-9-16-30-43)44-31-17-10-18-32-44/h7-36,47-48H,37-38,55H2,1-6H3. The van der Waals surface area contributed by atoms with E-state index in [1.165, 1.54) is 43.0 Å². The lowest BCUT2D eigenvalue weighted by Crippen LogP contribution is -2.66. The predicted octanol–water partition coefficient (Wildman–Crippen LogP) is 10.4. The lowest BCUT2D eigenvalue weighted by molar-refractivity contribution is 0.373. The monoisotopic (exact) mass is 796 g/mol. The van der Waals surface area contributed by atoms with E-state index in [9.17, 15) is 0 Å². The van der Waals surface area contributed by atoms with Crippen molar-refractivity contribution >= 4 is 59.1 Å². The number of allylic oxidation sites excluding steroid dienone is 2. The Morgan fingerprint density at radius 2 is 0.684 bits per heavy atom. The van der Waals surface area contributed by atoms with Crippen molar-refractivity contribution in [1.29, 1.82) is 0 Å². The van der Waals surface area contributed by atoms with Crippen LogP contribution in [0.2, 0.25) is 22.2 Å². The summed E-state index contributed by atoms with van der Waals surface area (Å²) < 4.78 is 15.6. The van der Waals surface area contributed by atoms with E-state index in [2.05, 4.69) is 224 Å². The van der Waals surface area contributed by atoms with Crippen LogP contribution in [0.25, 0.3) is 12.2 Å². The zero-order chi connectivity index (χ0) is 39.7. The molecule has 2 aliphatic carbocycles. The molecule has 0 bridgehead atoms. The summed E-state index contributed by atoms with van der Waals surface area (Å²) in [4.78, 5) is 0. The number of fused-ring (bicyclic) bond motifs is 2. The Labute approximate surface area is 345 Å². The summed E-state index contributed by atoms with van der Waals surface area (Å²) in [6.45, 7) is 14.3. The second kappa shape index (κ2) is 15.8. The Kier molecular flexibility index (Phi) is 10.8. The van der Waals surface area contributed by atoms with Crippen LogP contribution in [0.15, 0.2) is 181 Å². The molecule has 0 radical (unpaired) electrons. The van der Waals surface area contributed by atoms with Gasteiger partial charge in [-0.3, -0.25) is 0 Å². The van der Waals surface area contributed by atoms with E-state index < -0.39 is 26.2 Å². The van der Waals surface area contributed by atoms with E-state index in [1.807, 2.05) is 0 Å². The first kappa shape index (κ1) is 38.9.